The molecule has 4 nitrogen and oxygen atoms in total. The Hall–Kier alpha value is -2.21. The second-order valence-corrected chi connectivity index (χ2v) is 8.97. The highest BCUT2D eigenvalue weighted by atomic mass is 32.2. The highest BCUT2D eigenvalue weighted by molar-refractivity contribution is 7.89. The van der Waals surface area contributed by atoms with E-state index in [1.807, 2.05) is 48.5 Å². The molecule has 1 fully saturated rings. The summed E-state index contributed by atoms with van der Waals surface area (Å²) < 4.78 is 27.8. The fourth-order valence-corrected chi connectivity index (χ4v) is 5.21. The van der Waals surface area contributed by atoms with Crippen molar-refractivity contribution < 1.29 is 8.42 Å². The van der Waals surface area contributed by atoms with Gasteiger partial charge in [0.1, 0.15) is 0 Å². The van der Waals surface area contributed by atoms with E-state index in [0.717, 1.165) is 23.9 Å². The fourth-order valence-electron chi connectivity index (χ4n) is 3.75. The Morgan fingerprint density at radius 3 is 2.11 bits per heavy atom. The number of hydrogen-bond acceptors (Lipinski definition) is 3. The zero-order chi connectivity index (χ0) is 18.9. The second kappa shape index (κ2) is 7.43. The van der Waals surface area contributed by atoms with Crippen molar-refractivity contribution in [2.75, 3.05) is 26.2 Å². The van der Waals surface area contributed by atoms with Gasteiger partial charge in [-0.1, -0.05) is 60.7 Å². The Kier molecular flexibility index (Phi) is 5.00. The molecule has 0 aromatic heterocycles. The molecule has 0 bridgehead atoms. The van der Waals surface area contributed by atoms with Gasteiger partial charge in [0, 0.05) is 32.2 Å². The molecule has 0 aliphatic carbocycles. The third-order valence-corrected chi connectivity index (χ3v) is 7.36. The van der Waals surface area contributed by atoms with Crippen molar-refractivity contribution in [2.24, 2.45) is 0 Å². The van der Waals surface area contributed by atoms with Crippen molar-refractivity contribution in [3.8, 4) is 0 Å². The van der Waals surface area contributed by atoms with E-state index in [1.54, 1.807) is 16.4 Å². The minimum atomic E-state index is -3.46. The Bertz CT molecular complexity index is 1030. The Labute approximate surface area is 161 Å². The van der Waals surface area contributed by atoms with E-state index >= 15 is 0 Å². The Morgan fingerprint density at radius 1 is 0.778 bits per heavy atom. The van der Waals surface area contributed by atoms with Gasteiger partial charge >= 0.3 is 0 Å². The van der Waals surface area contributed by atoms with Gasteiger partial charge in [-0.05, 0) is 35.4 Å². The molecule has 1 aliphatic heterocycles. The van der Waals surface area contributed by atoms with Gasteiger partial charge in [0.05, 0.1) is 4.90 Å². The average Bonchev–Trinajstić information content (AvgIpc) is 2.73. The second-order valence-electron chi connectivity index (χ2n) is 7.04. The molecule has 0 N–H and O–H groups in total. The van der Waals surface area contributed by atoms with Gasteiger partial charge in [-0.3, -0.25) is 4.90 Å². The summed E-state index contributed by atoms with van der Waals surface area (Å²) in [5.74, 6) is 0. The van der Waals surface area contributed by atoms with E-state index in [9.17, 15) is 8.42 Å². The van der Waals surface area contributed by atoms with Crippen molar-refractivity contribution in [1.82, 2.24) is 9.21 Å². The van der Waals surface area contributed by atoms with Crippen LogP contribution in [0.5, 0.6) is 0 Å². The smallest absolute Gasteiger partial charge is 0.243 e. The van der Waals surface area contributed by atoms with Crippen LogP contribution in [0.25, 0.3) is 10.8 Å². The number of rotatable bonds is 4. The molecule has 0 spiro atoms. The molecule has 27 heavy (non-hydrogen) atoms. The highest BCUT2D eigenvalue weighted by Crippen LogP contribution is 2.25. The SMILES string of the molecule is CC(c1ccccc1)N1CCN(S(=O)(=O)c2ccc3ccccc3c2)CC1. The topological polar surface area (TPSA) is 40.6 Å². The first kappa shape index (κ1) is 18.2. The van der Waals surface area contributed by atoms with Crippen LogP contribution in [0, 0.1) is 0 Å². The van der Waals surface area contributed by atoms with Gasteiger partial charge in [0.15, 0.2) is 0 Å². The van der Waals surface area contributed by atoms with Crippen LogP contribution in [-0.4, -0.2) is 43.8 Å². The monoisotopic (exact) mass is 380 g/mol. The van der Waals surface area contributed by atoms with Crippen LogP contribution >= 0.6 is 0 Å². The van der Waals surface area contributed by atoms with E-state index in [2.05, 4.69) is 24.0 Å². The van der Waals surface area contributed by atoms with E-state index < -0.39 is 10.0 Å². The third kappa shape index (κ3) is 3.63. The maximum absolute atomic E-state index is 13.1. The maximum atomic E-state index is 13.1. The zero-order valence-corrected chi connectivity index (χ0v) is 16.3. The summed E-state index contributed by atoms with van der Waals surface area (Å²) in [6.45, 7) is 4.70. The molecule has 140 valence electrons. The minimum Gasteiger partial charge on any atom is -0.294 e. The summed E-state index contributed by atoms with van der Waals surface area (Å²) in [5, 5.41) is 2.01. The largest absolute Gasteiger partial charge is 0.294 e. The van der Waals surface area contributed by atoms with Crippen molar-refractivity contribution >= 4 is 20.8 Å². The van der Waals surface area contributed by atoms with Gasteiger partial charge in [0.25, 0.3) is 0 Å². The van der Waals surface area contributed by atoms with E-state index in [0.29, 0.717) is 18.0 Å². The normalized spacial score (nSPS) is 17.8. The van der Waals surface area contributed by atoms with Crippen LogP contribution in [0.4, 0.5) is 0 Å². The average molecular weight is 381 g/mol. The Morgan fingerprint density at radius 2 is 1.41 bits per heavy atom. The van der Waals surface area contributed by atoms with Crippen LogP contribution in [0.1, 0.15) is 18.5 Å². The molecule has 0 radical (unpaired) electrons. The number of piperazine rings is 1. The standard InChI is InChI=1S/C22H24N2O2S/c1-18(19-7-3-2-4-8-19)23-13-15-24(16-14-23)27(25,26)22-12-11-20-9-5-6-10-21(20)17-22/h2-12,17-18H,13-16H2,1H3. The lowest BCUT2D eigenvalue weighted by Gasteiger charge is -2.37. The number of hydrogen-bond donors (Lipinski definition) is 0. The molecule has 1 unspecified atom stereocenters. The summed E-state index contributed by atoms with van der Waals surface area (Å²) in [6, 6.07) is 23.9. The summed E-state index contributed by atoms with van der Waals surface area (Å²) in [7, 11) is -3.46. The van der Waals surface area contributed by atoms with Gasteiger partial charge < -0.3 is 0 Å². The minimum absolute atomic E-state index is 0.289. The summed E-state index contributed by atoms with van der Waals surface area (Å²) in [6.07, 6.45) is 0. The fraction of sp³-hybridized carbons (Fsp3) is 0.273. The van der Waals surface area contributed by atoms with E-state index in [4.69, 9.17) is 0 Å². The molecule has 1 saturated heterocycles. The maximum Gasteiger partial charge on any atom is 0.243 e. The summed E-state index contributed by atoms with van der Waals surface area (Å²) >= 11 is 0. The van der Waals surface area contributed by atoms with Crippen LogP contribution in [0.3, 0.4) is 0 Å². The molecule has 1 heterocycles. The molecule has 1 atom stereocenters. The molecule has 3 aromatic rings. The van der Waals surface area contributed by atoms with Crippen LogP contribution < -0.4 is 0 Å². The highest BCUT2D eigenvalue weighted by Gasteiger charge is 2.30. The first-order valence-corrected chi connectivity index (χ1v) is 10.8. The first-order chi connectivity index (χ1) is 13.1. The van der Waals surface area contributed by atoms with Crippen LogP contribution in [-0.2, 0) is 10.0 Å². The molecule has 4 rings (SSSR count). The lowest BCUT2D eigenvalue weighted by atomic mass is 10.1. The molecular weight excluding hydrogens is 356 g/mol. The van der Waals surface area contributed by atoms with Gasteiger partial charge in [-0.2, -0.15) is 4.31 Å². The quantitative estimate of drug-likeness (QED) is 0.689. The molecule has 3 aromatic carbocycles. The van der Waals surface area contributed by atoms with E-state index in [-0.39, 0.29) is 6.04 Å². The third-order valence-electron chi connectivity index (χ3n) is 5.46. The Balaban J connectivity index is 1.49. The van der Waals surface area contributed by atoms with Crippen molar-refractivity contribution in [2.45, 2.75) is 17.9 Å². The molecule has 1 aliphatic rings. The number of benzene rings is 3. The van der Waals surface area contributed by atoms with E-state index in [1.165, 1.54) is 5.56 Å². The molecule has 0 amide bonds. The predicted octanol–water partition coefficient (Wildman–Crippen LogP) is 3.91. The number of nitrogens with zero attached hydrogens (tertiary/aromatic N) is 2. The molecule has 0 saturated carbocycles. The van der Waals surface area contributed by atoms with Crippen LogP contribution in [0.15, 0.2) is 77.7 Å². The van der Waals surface area contributed by atoms with Gasteiger partial charge in [0.2, 0.25) is 10.0 Å². The predicted molar refractivity (Wildman–Crippen MR) is 109 cm³/mol. The summed E-state index contributed by atoms with van der Waals surface area (Å²) in [5.41, 5.74) is 1.27. The molecular formula is C22H24N2O2S. The van der Waals surface area contributed by atoms with Crippen molar-refractivity contribution in [3.63, 3.8) is 0 Å². The first-order valence-electron chi connectivity index (χ1n) is 9.34. The summed E-state index contributed by atoms with van der Waals surface area (Å²) in [4.78, 5) is 2.73. The van der Waals surface area contributed by atoms with Crippen LogP contribution in [0.2, 0.25) is 0 Å². The van der Waals surface area contributed by atoms with Gasteiger partial charge in [-0.25, -0.2) is 8.42 Å². The molecule has 5 heteroatoms. The zero-order valence-electron chi connectivity index (χ0n) is 15.5. The number of sulfonamides is 1. The lowest BCUT2D eigenvalue weighted by molar-refractivity contribution is 0.146. The van der Waals surface area contributed by atoms with Crippen molar-refractivity contribution in [3.05, 3.63) is 78.4 Å². The lowest BCUT2D eigenvalue weighted by Crippen LogP contribution is -2.49. The number of fused-ring (bicyclic) bond motifs is 1. The van der Waals surface area contributed by atoms with Gasteiger partial charge in [-0.15, -0.1) is 0 Å². The van der Waals surface area contributed by atoms with Crippen molar-refractivity contribution in [1.29, 1.82) is 0 Å².